The van der Waals surface area contributed by atoms with E-state index in [2.05, 4.69) is 10.6 Å². The fraction of sp³-hybridized carbons (Fsp3) is 0.778. The molecule has 13 heavy (non-hydrogen) atoms. The third-order valence-corrected chi connectivity index (χ3v) is 2.63. The maximum atomic E-state index is 11.6. The molecule has 0 aromatic carbocycles. The normalized spacial score (nSPS) is 22.0. The Labute approximate surface area is 78.1 Å². The quantitative estimate of drug-likeness (QED) is 0.580. The Morgan fingerprint density at radius 3 is 2.15 bits per heavy atom. The minimum Gasteiger partial charge on any atom is -0.317 e. The largest absolute Gasteiger partial charge is 0.317 e. The van der Waals surface area contributed by atoms with Gasteiger partial charge in [0.1, 0.15) is 5.54 Å². The van der Waals surface area contributed by atoms with Crippen LogP contribution < -0.4 is 10.6 Å². The lowest BCUT2D eigenvalue weighted by molar-refractivity contribution is -0.138. The van der Waals surface area contributed by atoms with Crippen LogP contribution in [-0.2, 0) is 9.59 Å². The van der Waals surface area contributed by atoms with E-state index in [4.69, 9.17) is 0 Å². The van der Waals surface area contributed by atoms with E-state index in [9.17, 15) is 9.59 Å². The molecule has 0 saturated heterocycles. The summed E-state index contributed by atoms with van der Waals surface area (Å²) in [6, 6.07) is 0. The monoisotopic (exact) mass is 184 g/mol. The van der Waals surface area contributed by atoms with E-state index in [0.717, 1.165) is 0 Å². The molecule has 4 nitrogen and oxygen atoms in total. The first kappa shape index (κ1) is 10.3. The van der Waals surface area contributed by atoms with Gasteiger partial charge in [-0.15, -0.1) is 0 Å². The Morgan fingerprint density at radius 1 is 1.23 bits per heavy atom. The molecule has 1 aliphatic rings. The summed E-state index contributed by atoms with van der Waals surface area (Å²) in [4.78, 5) is 23.2. The molecule has 2 N–H and O–H groups in total. The molecule has 74 valence electrons. The number of likely N-dealkylation sites (N-methyl/N-ethyl adjacent to an activating group) is 2. The molecule has 1 rings (SSSR count). The summed E-state index contributed by atoms with van der Waals surface area (Å²) >= 11 is 0. The van der Waals surface area contributed by atoms with Crippen LogP contribution in [0.1, 0.15) is 19.3 Å². The van der Waals surface area contributed by atoms with Crippen molar-refractivity contribution in [2.75, 3.05) is 20.6 Å². The molecule has 4 heteroatoms. The first-order valence-corrected chi connectivity index (χ1v) is 4.57. The average Bonchev–Trinajstić information content (AvgIpc) is 2.12. The zero-order valence-electron chi connectivity index (χ0n) is 8.14. The third-order valence-electron chi connectivity index (χ3n) is 2.63. The van der Waals surface area contributed by atoms with Crippen molar-refractivity contribution in [3.05, 3.63) is 0 Å². The molecular weight excluding hydrogens is 168 g/mol. The Morgan fingerprint density at radius 2 is 1.77 bits per heavy atom. The van der Waals surface area contributed by atoms with Crippen molar-refractivity contribution in [2.45, 2.75) is 24.8 Å². The van der Waals surface area contributed by atoms with Gasteiger partial charge in [-0.1, -0.05) is 0 Å². The molecule has 0 aliphatic heterocycles. The summed E-state index contributed by atoms with van der Waals surface area (Å²) in [5.41, 5.74) is -0.951. The number of carbonyl (C=O) groups excluding carboxylic acids is 2. The summed E-state index contributed by atoms with van der Waals surface area (Å²) in [5, 5.41) is 5.74. The first-order valence-electron chi connectivity index (χ1n) is 4.57. The van der Waals surface area contributed by atoms with E-state index >= 15 is 0 Å². The second kappa shape index (κ2) is 3.98. The van der Waals surface area contributed by atoms with E-state index in [-0.39, 0.29) is 11.6 Å². The van der Waals surface area contributed by atoms with Crippen LogP contribution in [0.4, 0.5) is 0 Å². The number of nitrogens with one attached hydrogen (secondary N) is 2. The smallest absolute Gasteiger partial charge is 0.161 e. The topological polar surface area (TPSA) is 58.2 Å². The molecule has 0 aromatic heterocycles. The fourth-order valence-corrected chi connectivity index (χ4v) is 1.82. The van der Waals surface area contributed by atoms with Gasteiger partial charge in [-0.25, -0.2) is 0 Å². The molecule has 0 heterocycles. The van der Waals surface area contributed by atoms with Crippen LogP contribution in [0.15, 0.2) is 0 Å². The standard InChI is InChI=1S/C9H16N2O2/c1-10-6-9(11-2)7(12)4-3-5-8(9)13/h10-11H,3-6H2,1-2H3. The van der Waals surface area contributed by atoms with Gasteiger partial charge in [0.25, 0.3) is 0 Å². The summed E-state index contributed by atoms with van der Waals surface area (Å²) in [6.07, 6.45) is 1.72. The van der Waals surface area contributed by atoms with Crippen LogP contribution in [0.2, 0.25) is 0 Å². The van der Waals surface area contributed by atoms with Gasteiger partial charge in [0, 0.05) is 19.4 Å². The SMILES string of the molecule is CNCC1(NC)C(=O)CCCC1=O. The zero-order chi connectivity index (χ0) is 9.90. The summed E-state index contributed by atoms with van der Waals surface area (Å²) in [6.45, 7) is 0.390. The van der Waals surface area contributed by atoms with Gasteiger partial charge in [-0.2, -0.15) is 0 Å². The maximum Gasteiger partial charge on any atom is 0.161 e. The first-order chi connectivity index (χ1) is 6.17. The highest BCUT2D eigenvalue weighted by Gasteiger charge is 2.44. The van der Waals surface area contributed by atoms with E-state index in [1.807, 2.05) is 0 Å². The van der Waals surface area contributed by atoms with Crippen molar-refractivity contribution in [1.29, 1.82) is 0 Å². The Hall–Kier alpha value is -0.740. The molecule has 0 aromatic rings. The van der Waals surface area contributed by atoms with Gasteiger partial charge < -0.3 is 10.6 Å². The number of hydrogen-bond acceptors (Lipinski definition) is 4. The van der Waals surface area contributed by atoms with Gasteiger partial charge in [0.2, 0.25) is 0 Å². The van der Waals surface area contributed by atoms with Gasteiger partial charge in [0.15, 0.2) is 11.6 Å². The van der Waals surface area contributed by atoms with Crippen molar-refractivity contribution < 1.29 is 9.59 Å². The Bertz CT molecular complexity index is 210. The van der Waals surface area contributed by atoms with Crippen molar-refractivity contribution in [3.8, 4) is 0 Å². The number of ketones is 2. The third kappa shape index (κ3) is 1.64. The van der Waals surface area contributed by atoms with Gasteiger partial charge >= 0.3 is 0 Å². The molecule has 0 unspecified atom stereocenters. The molecule has 0 atom stereocenters. The molecule has 1 fully saturated rings. The zero-order valence-corrected chi connectivity index (χ0v) is 8.14. The van der Waals surface area contributed by atoms with E-state index < -0.39 is 5.54 Å². The lowest BCUT2D eigenvalue weighted by atomic mass is 9.79. The molecule has 0 amide bonds. The van der Waals surface area contributed by atoms with Crippen molar-refractivity contribution in [1.82, 2.24) is 10.6 Å². The second-order valence-corrected chi connectivity index (χ2v) is 3.39. The summed E-state index contributed by atoms with van der Waals surface area (Å²) in [7, 11) is 3.41. The minimum atomic E-state index is -0.951. The van der Waals surface area contributed by atoms with Crippen molar-refractivity contribution in [2.24, 2.45) is 0 Å². The number of rotatable bonds is 3. The average molecular weight is 184 g/mol. The molecular formula is C9H16N2O2. The number of carbonyl (C=O) groups is 2. The van der Waals surface area contributed by atoms with Crippen LogP contribution in [0.3, 0.4) is 0 Å². The van der Waals surface area contributed by atoms with Crippen LogP contribution >= 0.6 is 0 Å². The van der Waals surface area contributed by atoms with Crippen LogP contribution in [-0.4, -0.2) is 37.7 Å². The van der Waals surface area contributed by atoms with Gasteiger partial charge in [0.05, 0.1) is 0 Å². The fourth-order valence-electron chi connectivity index (χ4n) is 1.82. The molecule has 0 bridgehead atoms. The highest BCUT2D eigenvalue weighted by Crippen LogP contribution is 2.20. The van der Waals surface area contributed by atoms with Crippen molar-refractivity contribution >= 4 is 11.6 Å². The minimum absolute atomic E-state index is 0.0144. The van der Waals surface area contributed by atoms with Gasteiger partial charge in [-0.05, 0) is 20.5 Å². The number of Topliss-reactive ketones (excluding diaryl/α,β-unsaturated/α-hetero) is 2. The van der Waals surface area contributed by atoms with Crippen molar-refractivity contribution in [3.63, 3.8) is 0 Å². The maximum absolute atomic E-state index is 11.6. The van der Waals surface area contributed by atoms with Crippen LogP contribution in [0.25, 0.3) is 0 Å². The summed E-state index contributed by atoms with van der Waals surface area (Å²) in [5.74, 6) is 0.0289. The van der Waals surface area contributed by atoms with E-state index in [0.29, 0.717) is 25.8 Å². The van der Waals surface area contributed by atoms with E-state index in [1.165, 1.54) is 0 Å². The molecule has 0 spiro atoms. The summed E-state index contributed by atoms with van der Waals surface area (Å²) < 4.78 is 0. The van der Waals surface area contributed by atoms with E-state index in [1.54, 1.807) is 14.1 Å². The highest BCUT2D eigenvalue weighted by atomic mass is 16.2. The molecule has 1 saturated carbocycles. The molecule has 1 aliphatic carbocycles. The van der Waals surface area contributed by atoms with Crippen LogP contribution in [0, 0.1) is 0 Å². The van der Waals surface area contributed by atoms with Crippen LogP contribution in [0.5, 0.6) is 0 Å². The molecule has 0 radical (unpaired) electrons. The Kier molecular flexibility index (Phi) is 3.17. The lowest BCUT2D eigenvalue weighted by Crippen LogP contribution is -2.63. The van der Waals surface area contributed by atoms with Gasteiger partial charge in [-0.3, -0.25) is 9.59 Å². The highest BCUT2D eigenvalue weighted by molar-refractivity contribution is 6.13. The lowest BCUT2D eigenvalue weighted by Gasteiger charge is -2.33. The second-order valence-electron chi connectivity index (χ2n) is 3.39. The predicted octanol–water partition coefficient (Wildman–Crippen LogP) is -0.514. The Balaban J connectivity index is 2.89. The number of hydrogen-bond donors (Lipinski definition) is 2. The predicted molar refractivity (Wildman–Crippen MR) is 49.6 cm³/mol.